The molecular weight excluding hydrogens is 364 g/mol. The molecule has 1 N–H and O–H groups in total. The largest absolute Gasteiger partial charge is 0.339 e. The predicted molar refractivity (Wildman–Crippen MR) is 111 cm³/mol. The van der Waals surface area contributed by atoms with Crippen molar-refractivity contribution in [3.63, 3.8) is 0 Å². The Balaban J connectivity index is 1.78. The molecule has 0 spiro atoms. The van der Waals surface area contributed by atoms with Crippen molar-refractivity contribution in [2.45, 2.75) is 30.1 Å². The van der Waals surface area contributed by atoms with Crippen molar-refractivity contribution < 1.29 is 9.59 Å². The summed E-state index contributed by atoms with van der Waals surface area (Å²) in [6, 6.07) is 13.7. The number of nitrogens with one attached hydrogen (secondary N) is 1. The summed E-state index contributed by atoms with van der Waals surface area (Å²) in [6.07, 6.45) is 0.452. The number of carbonyl (C=O) groups is 2. The number of amides is 2. The quantitative estimate of drug-likeness (QED) is 0.691. The summed E-state index contributed by atoms with van der Waals surface area (Å²) in [5.74, 6) is 0.727. The number of thioether (sulfide) groups is 2. The number of benzene rings is 2. The first kappa shape index (κ1) is 20.4. The van der Waals surface area contributed by atoms with Crippen molar-refractivity contribution in [3.05, 3.63) is 53.6 Å². The maximum absolute atomic E-state index is 12.1. The monoisotopic (exact) mass is 388 g/mol. The van der Waals surface area contributed by atoms with Crippen LogP contribution in [0.4, 0.5) is 10.5 Å². The van der Waals surface area contributed by atoms with Gasteiger partial charge in [0, 0.05) is 41.7 Å². The molecule has 0 aliphatic rings. The summed E-state index contributed by atoms with van der Waals surface area (Å²) in [4.78, 5) is 27.3. The molecule has 0 unspecified atom stereocenters. The van der Waals surface area contributed by atoms with Gasteiger partial charge in [-0.1, -0.05) is 6.07 Å². The smallest absolute Gasteiger partial charge is 0.285 e. The van der Waals surface area contributed by atoms with E-state index in [1.807, 2.05) is 24.3 Å². The van der Waals surface area contributed by atoms with Gasteiger partial charge in [0.05, 0.1) is 0 Å². The van der Waals surface area contributed by atoms with Gasteiger partial charge >= 0.3 is 0 Å². The second-order valence-electron chi connectivity index (χ2n) is 6.18. The first-order chi connectivity index (χ1) is 12.3. The van der Waals surface area contributed by atoms with Gasteiger partial charge in [-0.3, -0.25) is 9.59 Å². The van der Waals surface area contributed by atoms with Crippen LogP contribution in [0.25, 0.3) is 0 Å². The molecule has 138 valence electrons. The SMILES string of the molecule is Cc1ccc(SCCC(=O)Nc2ccc(SC(=O)N(C)C)cc2)cc1C. The number of anilines is 1. The number of hydrogen-bond donors (Lipinski definition) is 1. The summed E-state index contributed by atoms with van der Waals surface area (Å²) in [7, 11) is 3.44. The zero-order valence-electron chi connectivity index (χ0n) is 15.5. The Kier molecular flexibility index (Phi) is 7.60. The minimum Gasteiger partial charge on any atom is -0.339 e. The lowest BCUT2D eigenvalue weighted by atomic mass is 10.1. The first-order valence-electron chi connectivity index (χ1n) is 8.34. The highest BCUT2D eigenvalue weighted by atomic mass is 32.2. The summed E-state index contributed by atoms with van der Waals surface area (Å²) in [6.45, 7) is 4.19. The Bertz CT molecular complexity index is 774. The van der Waals surface area contributed by atoms with E-state index in [2.05, 4.69) is 37.4 Å². The Morgan fingerprint density at radius 2 is 1.62 bits per heavy atom. The Hall–Kier alpha value is -1.92. The lowest BCUT2D eigenvalue weighted by Crippen LogP contribution is -2.16. The van der Waals surface area contributed by atoms with E-state index in [0.717, 1.165) is 28.1 Å². The third kappa shape index (κ3) is 6.42. The Morgan fingerprint density at radius 1 is 0.962 bits per heavy atom. The zero-order valence-corrected chi connectivity index (χ0v) is 17.2. The molecule has 0 atom stereocenters. The van der Waals surface area contributed by atoms with Crippen LogP contribution in [0.1, 0.15) is 17.5 Å². The minimum absolute atomic E-state index is 0.00824. The van der Waals surface area contributed by atoms with Crippen molar-refractivity contribution in [3.8, 4) is 0 Å². The predicted octanol–water partition coefficient (Wildman–Crippen LogP) is 5.20. The van der Waals surface area contributed by atoms with E-state index < -0.39 is 0 Å². The third-order valence-corrected chi connectivity index (χ3v) is 5.83. The molecule has 0 saturated heterocycles. The topological polar surface area (TPSA) is 49.4 Å². The van der Waals surface area contributed by atoms with Gasteiger partial charge in [0.1, 0.15) is 0 Å². The molecule has 26 heavy (non-hydrogen) atoms. The van der Waals surface area contributed by atoms with Crippen LogP contribution in [0, 0.1) is 13.8 Å². The molecule has 0 heterocycles. The van der Waals surface area contributed by atoms with Crippen LogP contribution >= 0.6 is 23.5 Å². The molecule has 0 aliphatic heterocycles. The molecule has 2 amide bonds. The molecule has 2 aromatic carbocycles. The van der Waals surface area contributed by atoms with E-state index in [1.54, 1.807) is 25.9 Å². The summed E-state index contributed by atoms with van der Waals surface area (Å²) in [5.41, 5.74) is 3.29. The van der Waals surface area contributed by atoms with Crippen molar-refractivity contribution >= 4 is 40.4 Å². The number of carbonyl (C=O) groups excluding carboxylic acids is 2. The molecule has 2 aromatic rings. The molecule has 4 nitrogen and oxygen atoms in total. The maximum atomic E-state index is 12.1. The van der Waals surface area contributed by atoms with Crippen molar-refractivity contribution in [2.24, 2.45) is 0 Å². The highest BCUT2D eigenvalue weighted by molar-refractivity contribution is 8.13. The van der Waals surface area contributed by atoms with Crippen LogP contribution in [0.3, 0.4) is 0 Å². The molecule has 0 aliphatic carbocycles. The van der Waals surface area contributed by atoms with E-state index in [9.17, 15) is 9.59 Å². The lowest BCUT2D eigenvalue weighted by Gasteiger charge is -2.10. The van der Waals surface area contributed by atoms with E-state index >= 15 is 0 Å². The van der Waals surface area contributed by atoms with Crippen molar-refractivity contribution in [1.82, 2.24) is 4.90 Å². The fourth-order valence-electron chi connectivity index (χ4n) is 2.09. The van der Waals surface area contributed by atoms with Gasteiger partial charge in [-0.2, -0.15) is 0 Å². The highest BCUT2D eigenvalue weighted by Crippen LogP contribution is 2.23. The van der Waals surface area contributed by atoms with E-state index in [0.29, 0.717) is 6.42 Å². The lowest BCUT2D eigenvalue weighted by molar-refractivity contribution is -0.115. The second-order valence-corrected chi connectivity index (χ2v) is 8.37. The summed E-state index contributed by atoms with van der Waals surface area (Å²) in [5, 5.41) is 2.87. The maximum Gasteiger partial charge on any atom is 0.285 e. The number of aryl methyl sites for hydroxylation is 2. The van der Waals surface area contributed by atoms with Gasteiger partial charge in [-0.25, -0.2) is 0 Å². The van der Waals surface area contributed by atoms with Crippen molar-refractivity contribution in [2.75, 3.05) is 25.2 Å². The Morgan fingerprint density at radius 3 is 2.23 bits per heavy atom. The summed E-state index contributed by atoms with van der Waals surface area (Å²) >= 11 is 2.85. The normalized spacial score (nSPS) is 10.5. The molecule has 0 radical (unpaired) electrons. The molecule has 6 heteroatoms. The standard InChI is InChI=1S/C20H24N2O2S2/c1-14-5-8-18(13-15(14)2)25-12-11-19(23)21-16-6-9-17(10-7-16)26-20(24)22(3)4/h5-10,13H,11-12H2,1-4H3,(H,21,23). The third-order valence-electron chi connectivity index (χ3n) is 3.78. The van der Waals surface area contributed by atoms with Crippen LogP contribution in [-0.2, 0) is 4.79 Å². The fourth-order valence-corrected chi connectivity index (χ4v) is 3.69. The molecule has 2 rings (SSSR count). The van der Waals surface area contributed by atoms with Crippen LogP contribution in [-0.4, -0.2) is 35.9 Å². The van der Waals surface area contributed by atoms with E-state index in [1.165, 1.54) is 20.9 Å². The first-order valence-corrected chi connectivity index (χ1v) is 10.1. The second kappa shape index (κ2) is 9.69. The summed E-state index contributed by atoms with van der Waals surface area (Å²) < 4.78 is 0. The average Bonchev–Trinajstić information content (AvgIpc) is 2.59. The molecule has 0 aromatic heterocycles. The number of hydrogen-bond acceptors (Lipinski definition) is 4. The zero-order chi connectivity index (χ0) is 19.1. The van der Waals surface area contributed by atoms with Gasteiger partial charge < -0.3 is 10.2 Å². The van der Waals surface area contributed by atoms with Gasteiger partial charge in [-0.15, -0.1) is 11.8 Å². The van der Waals surface area contributed by atoms with Gasteiger partial charge in [0.15, 0.2) is 0 Å². The van der Waals surface area contributed by atoms with Crippen LogP contribution in [0.2, 0.25) is 0 Å². The average molecular weight is 389 g/mol. The van der Waals surface area contributed by atoms with Gasteiger partial charge in [0.25, 0.3) is 5.24 Å². The Labute approximate surface area is 163 Å². The number of nitrogens with zero attached hydrogens (tertiary/aromatic N) is 1. The number of rotatable bonds is 6. The molecule has 0 fully saturated rings. The van der Waals surface area contributed by atoms with Crippen LogP contribution in [0.5, 0.6) is 0 Å². The fraction of sp³-hybridized carbons (Fsp3) is 0.300. The van der Waals surface area contributed by atoms with E-state index in [-0.39, 0.29) is 11.1 Å². The minimum atomic E-state index is -0.0230. The molecule has 0 saturated carbocycles. The molecular formula is C20H24N2O2S2. The van der Waals surface area contributed by atoms with Crippen LogP contribution in [0.15, 0.2) is 52.3 Å². The van der Waals surface area contributed by atoms with Crippen molar-refractivity contribution in [1.29, 1.82) is 0 Å². The molecule has 0 bridgehead atoms. The van der Waals surface area contributed by atoms with Gasteiger partial charge in [0.2, 0.25) is 5.91 Å². The van der Waals surface area contributed by atoms with Gasteiger partial charge in [-0.05, 0) is 73.1 Å². The van der Waals surface area contributed by atoms with E-state index in [4.69, 9.17) is 0 Å². The van der Waals surface area contributed by atoms with Crippen LogP contribution < -0.4 is 5.32 Å². The highest BCUT2D eigenvalue weighted by Gasteiger charge is 2.08.